The molecule has 0 aliphatic heterocycles. The fourth-order valence-corrected chi connectivity index (χ4v) is 2.00. The maximum atomic E-state index is 13.7. The van der Waals surface area contributed by atoms with Gasteiger partial charge in [-0.2, -0.15) is 0 Å². The van der Waals surface area contributed by atoms with Crippen LogP contribution in [0.1, 0.15) is 31.9 Å². The Morgan fingerprint density at radius 3 is 2.70 bits per heavy atom. The molecule has 20 heavy (non-hydrogen) atoms. The summed E-state index contributed by atoms with van der Waals surface area (Å²) in [7, 11) is 1.22. The molecule has 0 radical (unpaired) electrons. The van der Waals surface area contributed by atoms with Crippen LogP contribution in [0, 0.1) is 11.7 Å². The predicted molar refractivity (Wildman–Crippen MR) is 70.9 cm³/mol. The molecule has 0 fully saturated rings. The zero-order valence-corrected chi connectivity index (χ0v) is 11.8. The number of pyridine rings is 1. The van der Waals surface area contributed by atoms with Gasteiger partial charge in [0, 0.05) is 12.6 Å². The lowest BCUT2D eigenvalue weighted by Gasteiger charge is -2.23. The smallest absolute Gasteiger partial charge is 0.329 e. The highest BCUT2D eigenvalue weighted by Crippen LogP contribution is 2.21. The number of carbonyl (C=O) groups is 2. The van der Waals surface area contributed by atoms with Crippen LogP contribution in [0.3, 0.4) is 0 Å². The summed E-state index contributed by atoms with van der Waals surface area (Å²) >= 11 is 0. The van der Waals surface area contributed by atoms with Crippen molar-refractivity contribution in [1.82, 2.24) is 4.57 Å². The molecular weight excluding hydrogens is 265 g/mol. The molecular formula is C14H18FNO4. The quantitative estimate of drug-likeness (QED) is 0.586. The third kappa shape index (κ3) is 3.31. The van der Waals surface area contributed by atoms with Crippen molar-refractivity contribution in [1.29, 1.82) is 0 Å². The molecule has 1 unspecified atom stereocenters. The van der Waals surface area contributed by atoms with Gasteiger partial charge in [0.05, 0.1) is 7.11 Å². The van der Waals surface area contributed by atoms with E-state index in [0.717, 1.165) is 10.6 Å². The summed E-state index contributed by atoms with van der Waals surface area (Å²) in [6, 6.07) is 0.108. The lowest BCUT2D eigenvalue weighted by molar-refractivity contribution is -0.146. The molecule has 1 heterocycles. The van der Waals surface area contributed by atoms with Crippen molar-refractivity contribution < 1.29 is 18.7 Å². The largest absolute Gasteiger partial charge is 0.467 e. The minimum atomic E-state index is -0.985. The van der Waals surface area contributed by atoms with Crippen molar-refractivity contribution in [2.24, 2.45) is 5.92 Å². The Morgan fingerprint density at radius 2 is 2.20 bits per heavy atom. The van der Waals surface area contributed by atoms with E-state index in [4.69, 9.17) is 4.74 Å². The number of hydrogen-bond donors (Lipinski definition) is 0. The van der Waals surface area contributed by atoms with Gasteiger partial charge in [-0.3, -0.25) is 9.36 Å². The summed E-state index contributed by atoms with van der Waals surface area (Å²) in [6.45, 7) is 3.63. The maximum Gasteiger partial charge on any atom is 0.329 e. The van der Waals surface area contributed by atoms with Gasteiger partial charge in [0.15, 0.2) is 5.82 Å². The van der Waals surface area contributed by atoms with Gasteiger partial charge in [-0.25, -0.2) is 9.18 Å². The Hall–Kier alpha value is -1.98. The Morgan fingerprint density at radius 1 is 1.55 bits per heavy atom. The maximum absolute atomic E-state index is 13.7. The molecule has 1 rings (SSSR count). The average Bonchev–Trinajstić information content (AvgIpc) is 2.43. The van der Waals surface area contributed by atoms with Crippen molar-refractivity contribution in [3.8, 4) is 0 Å². The van der Waals surface area contributed by atoms with E-state index in [0.29, 0.717) is 18.3 Å². The van der Waals surface area contributed by atoms with E-state index in [-0.39, 0.29) is 12.3 Å². The van der Waals surface area contributed by atoms with E-state index in [1.54, 1.807) is 6.92 Å². The summed E-state index contributed by atoms with van der Waals surface area (Å²) in [5.74, 6) is -1.79. The zero-order valence-electron chi connectivity index (χ0n) is 11.8. The van der Waals surface area contributed by atoms with Crippen molar-refractivity contribution in [3.05, 3.63) is 34.0 Å². The Kier molecular flexibility index (Phi) is 5.61. The molecule has 0 bridgehead atoms. The number of methoxy groups -OCH3 is 1. The molecule has 0 aliphatic carbocycles. The first-order valence-corrected chi connectivity index (χ1v) is 6.38. The first-order valence-electron chi connectivity index (χ1n) is 6.38. The number of aromatic nitrogens is 1. The number of aldehydes is 1. The summed E-state index contributed by atoms with van der Waals surface area (Å²) in [5, 5.41) is 0. The van der Waals surface area contributed by atoms with Gasteiger partial charge in [-0.1, -0.05) is 20.3 Å². The van der Waals surface area contributed by atoms with Crippen LogP contribution in [-0.4, -0.2) is 23.9 Å². The Labute approximate surface area is 116 Å². The van der Waals surface area contributed by atoms with Crippen LogP contribution in [0.25, 0.3) is 0 Å². The lowest BCUT2D eigenvalue weighted by Crippen LogP contribution is -2.36. The fraction of sp³-hybridized carbons (Fsp3) is 0.500. The van der Waals surface area contributed by atoms with E-state index >= 15 is 0 Å². The molecule has 0 saturated carbocycles. The van der Waals surface area contributed by atoms with Gasteiger partial charge in [-0.05, 0) is 17.5 Å². The lowest BCUT2D eigenvalue weighted by atomic mass is 9.98. The van der Waals surface area contributed by atoms with E-state index in [1.165, 1.54) is 13.3 Å². The average molecular weight is 283 g/mol. The Bertz CT molecular complexity index is 553. The third-order valence-corrected chi connectivity index (χ3v) is 3.30. The highest BCUT2D eigenvalue weighted by atomic mass is 19.1. The second-order valence-electron chi connectivity index (χ2n) is 4.63. The van der Waals surface area contributed by atoms with E-state index in [1.807, 2.05) is 6.92 Å². The molecule has 1 aromatic rings. The summed E-state index contributed by atoms with van der Waals surface area (Å²) in [5.41, 5.74) is -0.551. The fourth-order valence-electron chi connectivity index (χ4n) is 2.00. The first-order chi connectivity index (χ1) is 9.46. The van der Waals surface area contributed by atoms with Crippen LogP contribution >= 0.6 is 0 Å². The second kappa shape index (κ2) is 6.98. The van der Waals surface area contributed by atoms with Crippen LogP contribution in [0.4, 0.5) is 4.39 Å². The van der Waals surface area contributed by atoms with Gasteiger partial charge in [0.1, 0.15) is 12.3 Å². The third-order valence-electron chi connectivity index (χ3n) is 3.30. The zero-order chi connectivity index (χ0) is 15.3. The van der Waals surface area contributed by atoms with E-state index in [2.05, 4.69) is 0 Å². The molecule has 0 saturated heterocycles. The van der Waals surface area contributed by atoms with E-state index in [9.17, 15) is 18.8 Å². The van der Waals surface area contributed by atoms with Crippen molar-refractivity contribution >= 4 is 12.3 Å². The summed E-state index contributed by atoms with van der Waals surface area (Å²) < 4.78 is 19.4. The molecule has 0 aromatic carbocycles. The molecule has 5 nitrogen and oxygen atoms in total. The molecule has 110 valence electrons. The number of ether oxygens (including phenoxy) is 1. The minimum absolute atomic E-state index is 0.0222. The SMILES string of the molecule is CC[C@@H](C)C(C(=O)OC)n1cc(CC=O)cc(F)c1=O. The first kappa shape index (κ1) is 16.1. The van der Waals surface area contributed by atoms with Crippen LogP contribution < -0.4 is 5.56 Å². The number of carbonyl (C=O) groups excluding carboxylic acids is 2. The topological polar surface area (TPSA) is 65.4 Å². The van der Waals surface area contributed by atoms with Gasteiger partial charge >= 0.3 is 5.97 Å². The number of nitrogens with zero attached hydrogens (tertiary/aromatic N) is 1. The molecule has 0 aliphatic rings. The van der Waals surface area contributed by atoms with Crippen LogP contribution in [0.15, 0.2) is 17.1 Å². The molecule has 1 aromatic heterocycles. The van der Waals surface area contributed by atoms with Crippen LogP contribution in [0.2, 0.25) is 0 Å². The molecule has 6 heteroatoms. The second-order valence-corrected chi connectivity index (χ2v) is 4.63. The predicted octanol–water partition coefficient (Wildman–Crippen LogP) is 1.49. The monoisotopic (exact) mass is 283 g/mol. The number of esters is 1. The standard InChI is InChI=1S/C14H18FNO4/c1-4-9(2)12(14(19)20-3)16-8-10(5-6-17)7-11(15)13(16)18/h6-9,12H,4-5H2,1-3H3/t9-,12?/m1/s1. The summed E-state index contributed by atoms with van der Waals surface area (Å²) in [6.07, 6.45) is 2.55. The molecule has 0 spiro atoms. The summed E-state index contributed by atoms with van der Waals surface area (Å²) in [4.78, 5) is 34.3. The van der Waals surface area contributed by atoms with Gasteiger partial charge in [0.25, 0.3) is 5.56 Å². The number of halogens is 1. The minimum Gasteiger partial charge on any atom is -0.467 e. The normalized spacial score (nSPS) is 13.6. The van der Waals surface area contributed by atoms with E-state index < -0.39 is 23.4 Å². The van der Waals surface area contributed by atoms with Crippen molar-refractivity contribution in [2.45, 2.75) is 32.7 Å². The Balaban J connectivity index is 3.42. The molecule has 0 N–H and O–H groups in total. The van der Waals surface area contributed by atoms with Crippen molar-refractivity contribution in [3.63, 3.8) is 0 Å². The van der Waals surface area contributed by atoms with Crippen molar-refractivity contribution in [2.75, 3.05) is 7.11 Å². The molecule has 0 amide bonds. The molecule has 2 atom stereocenters. The number of hydrogen-bond acceptors (Lipinski definition) is 4. The highest BCUT2D eigenvalue weighted by molar-refractivity contribution is 5.74. The van der Waals surface area contributed by atoms with Gasteiger partial charge in [-0.15, -0.1) is 0 Å². The van der Waals surface area contributed by atoms with Crippen LogP contribution in [-0.2, 0) is 20.7 Å². The van der Waals surface area contributed by atoms with Crippen LogP contribution in [0.5, 0.6) is 0 Å². The van der Waals surface area contributed by atoms with Gasteiger partial charge in [0.2, 0.25) is 0 Å². The number of rotatable bonds is 6. The van der Waals surface area contributed by atoms with Gasteiger partial charge < -0.3 is 9.53 Å². The highest BCUT2D eigenvalue weighted by Gasteiger charge is 2.28.